The maximum absolute atomic E-state index is 11.6. The van der Waals surface area contributed by atoms with Gasteiger partial charge < -0.3 is 14.9 Å². The van der Waals surface area contributed by atoms with E-state index in [0.717, 1.165) is 11.6 Å². The zero-order valence-corrected chi connectivity index (χ0v) is 10.5. The fraction of sp³-hybridized carbons (Fsp3) is 0.214. The average molecular weight is 273 g/mol. The molecule has 1 aromatic rings. The van der Waals surface area contributed by atoms with Gasteiger partial charge in [-0.05, 0) is 24.6 Å². The highest BCUT2D eigenvalue weighted by atomic mass is 16.5. The zero-order chi connectivity index (χ0) is 14.4. The minimum Gasteiger partial charge on any atom is -0.479 e. The number of carbonyl (C=O) groups is 2. The van der Waals surface area contributed by atoms with Crippen LogP contribution in [-0.2, 0) is 9.59 Å². The van der Waals surface area contributed by atoms with E-state index in [-0.39, 0.29) is 11.3 Å². The second-order valence-electron chi connectivity index (χ2n) is 4.72. The van der Waals surface area contributed by atoms with Crippen LogP contribution in [0.3, 0.4) is 0 Å². The summed E-state index contributed by atoms with van der Waals surface area (Å²) in [6.07, 6.45) is -1.62. The van der Waals surface area contributed by atoms with Crippen molar-refractivity contribution in [3.05, 3.63) is 35.4 Å². The van der Waals surface area contributed by atoms with E-state index in [0.29, 0.717) is 11.4 Å². The van der Waals surface area contributed by atoms with Gasteiger partial charge in [-0.2, -0.15) is 0 Å². The van der Waals surface area contributed by atoms with E-state index in [1.165, 1.54) is 0 Å². The lowest BCUT2D eigenvalue weighted by Gasteiger charge is -2.31. The molecule has 0 spiro atoms. The van der Waals surface area contributed by atoms with Crippen LogP contribution in [0.4, 0.5) is 5.69 Å². The van der Waals surface area contributed by atoms with Gasteiger partial charge in [0.25, 0.3) is 0 Å². The molecule has 2 aliphatic rings. The molecular formula is C14H11NO5. The molecule has 6 heteroatoms. The van der Waals surface area contributed by atoms with Crippen LogP contribution >= 0.6 is 0 Å². The molecule has 6 nitrogen and oxygen atoms in total. The van der Waals surface area contributed by atoms with Gasteiger partial charge in [0, 0.05) is 6.08 Å². The molecule has 1 aliphatic carbocycles. The number of fused-ring (bicyclic) bond motifs is 2. The van der Waals surface area contributed by atoms with Gasteiger partial charge in [-0.25, -0.2) is 9.79 Å². The van der Waals surface area contributed by atoms with Crippen LogP contribution in [0.15, 0.2) is 34.8 Å². The topological polar surface area (TPSA) is 96.2 Å². The van der Waals surface area contributed by atoms with Gasteiger partial charge >= 0.3 is 5.97 Å². The maximum atomic E-state index is 11.6. The Hall–Kier alpha value is -2.47. The molecule has 1 aromatic carbocycles. The quantitative estimate of drug-likeness (QED) is 0.788. The van der Waals surface area contributed by atoms with Crippen LogP contribution in [0.25, 0.3) is 0 Å². The minimum absolute atomic E-state index is 0.0703. The maximum Gasteiger partial charge on any atom is 0.337 e. The van der Waals surface area contributed by atoms with Crippen LogP contribution in [0.1, 0.15) is 5.56 Å². The molecule has 0 amide bonds. The second kappa shape index (κ2) is 4.28. The zero-order valence-electron chi connectivity index (χ0n) is 10.5. The Morgan fingerprint density at radius 3 is 2.85 bits per heavy atom. The molecule has 0 bridgehead atoms. The summed E-state index contributed by atoms with van der Waals surface area (Å²) in [5.74, 6) is -1.53. The number of ether oxygens (including phenoxy) is 1. The van der Waals surface area contributed by atoms with E-state index in [2.05, 4.69) is 4.99 Å². The van der Waals surface area contributed by atoms with Crippen molar-refractivity contribution in [2.75, 3.05) is 0 Å². The van der Waals surface area contributed by atoms with E-state index in [1.807, 2.05) is 13.0 Å². The summed E-state index contributed by atoms with van der Waals surface area (Å²) in [7, 11) is 0. The summed E-state index contributed by atoms with van der Waals surface area (Å²) in [5, 5.41) is 19.0. The predicted molar refractivity (Wildman–Crippen MR) is 69.4 cm³/mol. The Kier molecular flexibility index (Phi) is 2.69. The number of carboxylic acid groups (broad SMARTS) is 1. The Morgan fingerprint density at radius 2 is 2.15 bits per heavy atom. The highest BCUT2D eigenvalue weighted by Crippen LogP contribution is 2.36. The van der Waals surface area contributed by atoms with Gasteiger partial charge in [0.15, 0.2) is 18.0 Å². The van der Waals surface area contributed by atoms with Crippen LogP contribution in [0.5, 0.6) is 5.75 Å². The largest absolute Gasteiger partial charge is 0.479 e. The van der Waals surface area contributed by atoms with Crippen molar-refractivity contribution in [2.45, 2.75) is 19.1 Å². The summed E-state index contributed by atoms with van der Waals surface area (Å²) in [6, 6.07) is 5.25. The third-order valence-corrected chi connectivity index (χ3v) is 3.25. The fourth-order valence-electron chi connectivity index (χ4n) is 2.24. The lowest BCUT2D eigenvalue weighted by Crippen LogP contribution is -2.49. The Labute approximate surface area is 114 Å². The first-order valence-electron chi connectivity index (χ1n) is 6.00. The summed E-state index contributed by atoms with van der Waals surface area (Å²) >= 11 is 0. The summed E-state index contributed by atoms with van der Waals surface area (Å²) in [6.45, 7) is 1.87. The highest BCUT2D eigenvalue weighted by molar-refractivity contribution is 6.28. The minimum atomic E-state index is -1.44. The van der Waals surface area contributed by atoms with Crippen molar-refractivity contribution in [1.29, 1.82) is 0 Å². The lowest BCUT2D eigenvalue weighted by molar-refractivity contribution is -0.133. The lowest BCUT2D eigenvalue weighted by atomic mass is 9.90. The van der Waals surface area contributed by atoms with Gasteiger partial charge in [0.1, 0.15) is 11.4 Å². The number of aliphatic hydroxyl groups is 1. The van der Waals surface area contributed by atoms with Crippen LogP contribution in [0, 0.1) is 6.92 Å². The monoisotopic (exact) mass is 273 g/mol. The molecule has 1 heterocycles. The first kappa shape index (κ1) is 12.6. The van der Waals surface area contributed by atoms with E-state index >= 15 is 0 Å². The number of hydrogen-bond donors (Lipinski definition) is 2. The summed E-state index contributed by atoms with van der Waals surface area (Å²) in [5.41, 5.74) is 1.25. The van der Waals surface area contributed by atoms with Gasteiger partial charge in [-0.15, -0.1) is 0 Å². The third-order valence-electron chi connectivity index (χ3n) is 3.25. The van der Waals surface area contributed by atoms with Crippen molar-refractivity contribution < 1.29 is 24.5 Å². The van der Waals surface area contributed by atoms with Gasteiger partial charge in [-0.3, -0.25) is 4.79 Å². The van der Waals surface area contributed by atoms with Crippen molar-refractivity contribution in [3.8, 4) is 5.75 Å². The van der Waals surface area contributed by atoms with E-state index in [1.54, 1.807) is 12.1 Å². The first-order chi connectivity index (χ1) is 9.47. The summed E-state index contributed by atoms with van der Waals surface area (Å²) in [4.78, 5) is 27.0. The number of hydrogen-bond acceptors (Lipinski definition) is 5. The molecule has 2 atom stereocenters. The number of carboxylic acids is 1. The Bertz CT molecular complexity index is 689. The number of aliphatic hydroxyl groups excluding tert-OH is 1. The van der Waals surface area contributed by atoms with Gasteiger partial charge in [0.05, 0.1) is 11.3 Å². The van der Waals surface area contributed by atoms with Gasteiger partial charge in [0.2, 0.25) is 0 Å². The van der Waals surface area contributed by atoms with Crippen molar-refractivity contribution >= 4 is 23.2 Å². The van der Waals surface area contributed by atoms with E-state index in [4.69, 9.17) is 9.84 Å². The molecule has 102 valence electrons. The number of benzene rings is 1. The molecule has 1 aliphatic heterocycles. The molecule has 2 unspecified atom stereocenters. The highest BCUT2D eigenvalue weighted by Gasteiger charge is 2.42. The standard InChI is InChI=1S/C14H11NO5/c1-6-2-3-8-10(4-6)20-13-11(15-8)7(14(18)19)5-9(16)12(13)17/h2-5,12-13,17H,1H3,(H,18,19). The Morgan fingerprint density at radius 1 is 1.40 bits per heavy atom. The van der Waals surface area contributed by atoms with Gasteiger partial charge in [-0.1, -0.05) is 6.07 Å². The number of nitrogens with zero attached hydrogens (tertiary/aromatic N) is 1. The van der Waals surface area contributed by atoms with E-state index < -0.39 is 24.0 Å². The third kappa shape index (κ3) is 1.81. The number of aliphatic carboxylic acids is 1. The molecule has 0 aromatic heterocycles. The predicted octanol–water partition coefficient (Wildman–Crippen LogP) is 0.783. The molecule has 2 N–H and O–H groups in total. The van der Waals surface area contributed by atoms with Crippen molar-refractivity contribution in [2.24, 2.45) is 4.99 Å². The average Bonchev–Trinajstić information content (AvgIpc) is 2.41. The molecule has 0 radical (unpaired) electrons. The van der Waals surface area contributed by atoms with E-state index in [9.17, 15) is 14.7 Å². The number of rotatable bonds is 1. The first-order valence-corrected chi connectivity index (χ1v) is 6.00. The van der Waals surface area contributed by atoms with Crippen molar-refractivity contribution in [3.63, 3.8) is 0 Å². The Balaban J connectivity index is 2.17. The number of ketones is 1. The number of aliphatic imine (C=N–C) groups is 1. The van der Waals surface area contributed by atoms with Crippen molar-refractivity contribution in [1.82, 2.24) is 0 Å². The normalized spacial score (nSPS) is 24.0. The fourth-order valence-corrected chi connectivity index (χ4v) is 2.24. The smallest absolute Gasteiger partial charge is 0.337 e. The molecule has 3 rings (SSSR count). The molecule has 0 saturated heterocycles. The molecular weight excluding hydrogens is 262 g/mol. The number of aryl methyl sites for hydroxylation is 1. The van der Waals surface area contributed by atoms with Crippen LogP contribution in [-0.4, -0.2) is 39.9 Å². The number of carbonyl (C=O) groups excluding carboxylic acids is 1. The van der Waals surface area contributed by atoms with Crippen LogP contribution < -0.4 is 4.74 Å². The van der Waals surface area contributed by atoms with Crippen LogP contribution in [0.2, 0.25) is 0 Å². The second-order valence-corrected chi connectivity index (χ2v) is 4.72. The SMILES string of the molecule is Cc1ccc2c(c1)OC1C(=N2)C(C(=O)O)=CC(=O)C1O. The molecule has 0 saturated carbocycles. The molecule has 0 fully saturated rings. The summed E-state index contributed by atoms with van der Waals surface area (Å²) < 4.78 is 5.57. The molecule has 20 heavy (non-hydrogen) atoms.